The van der Waals surface area contributed by atoms with Crippen molar-refractivity contribution in [3.63, 3.8) is 0 Å². The maximum atomic E-state index is 12.6. The maximum Gasteiger partial charge on any atom is 0.223 e. The second kappa shape index (κ2) is 6.93. The molecule has 1 atom stereocenters. The standard InChI is InChI=1S/C18H23ClN4O/c1-12(2)18-21-20-16-11-22(10-13(3)23(16)18)17(24)9-8-14-6-4-5-7-15(14)19/h4-7,12-13H,8-11H2,1-3H3/t13-/m0/s1. The Hall–Kier alpha value is -1.88. The molecule has 1 aliphatic heterocycles. The number of hydrogen-bond donors (Lipinski definition) is 0. The van der Waals surface area contributed by atoms with Crippen LogP contribution in [0.2, 0.25) is 5.02 Å². The first kappa shape index (κ1) is 17.0. The molecule has 0 unspecified atom stereocenters. The molecule has 24 heavy (non-hydrogen) atoms. The molecule has 6 heteroatoms. The van der Waals surface area contributed by atoms with Crippen molar-refractivity contribution in [2.75, 3.05) is 6.54 Å². The van der Waals surface area contributed by atoms with E-state index in [1.807, 2.05) is 29.2 Å². The fraction of sp³-hybridized carbons (Fsp3) is 0.500. The molecule has 1 aliphatic rings. The Morgan fingerprint density at radius 3 is 2.79 bits per heavy atom. The fourth-order valence-corrected chi connectivity index (χ4v) is 3.48. The molecule has 0 fully saturated rings. The molecular formula is C18H23ClN4O. The average molecular weight is 347 g/mol. The summed E-state index contributed by atoms with van der Waals surface area (Å²) in [7, 11) is 0. The van der Waals surface area contributed by atoms with Gasteiger partial charge in [0.25, 0.3) is 0 Å². The summed E-state index contributed by atoms with van der Waals surface area (Å²) in [4.78, 5) is 14.5. The smallest absolute Gasteiger partial charge is 0.223 e. The number of halogens is 1. The van der Waals surface area contributed by atoms with E-state index < -0.39 is 0 Å². The monoisotopic (exact) mass is 346 g/mol. The fourth-order valence-electron chi connectivity index (χ4n) is 3.25. The van der Waals surface area contributed by atoms with Crippen molar-refractivity contribution < 1.29 is 4.79 Å². The molecule has 128 valence electrons. The molecule has 2 heterocycles. The number of amides is 1. The van der Waals surface area contributed by atoms with E-state index in [-0.39, 0.29) is 11.9 Å². The van der Waals surface area contributed by atoms with Crippen molar-refractivity contribution in [2.45, 2.75) is 52.1 Å². The Morgan fingerprint density at radius 2 is 2.08 bits per heavy atom. The lowest BCUT2D eigenvalue weighted by molar-refractivity contribution is -0.133. The van der Waals surface area contributed by atoms with Crippen LogP contribution in [-0.2, 0) is 17.8 Å². The Kier molecular flexibility index (Phi) is 4.90. The van der Waals surface area contributed by atoms with Gasteiger partial charge in [0.15, 0.2) is 5.82 Å². The Balaban J connectivity index is 1.68. The second-order valence-corrected chi connectivity index (χ2v) is 7.12. The Bertz CT molecular complexity index is 740. The van der Waals surface area contributed by atoms with E-state index >= 15 is 0 Å². The van der Waals surface area contributed by atoms with Crippen molar-refractivity contribution in [1.29, 1.82) is 0 Å². The van der Waals surface area contributed by atoms with Gasteiger partial charge in [0.1, 0.15) is 5.82 Å². The number of fused-ring (bicyclic) bond motifs is 1. The van der Waals surface area contributed by atoms with Crippen LogP contribution in [0, 0.1) is 0 Å². The summed E-state index contributed by atoms with van der Waals surface area (Å²) in [5.41, 5.74) is 1.02. The van der Waals surface area contributed by atoms with E-state index in [1.54, 1.807) is 0 Å². The number of hydrogen-bond acceptors (Lipinski definition) is 3. The number of aromatic nitrogens is 3. The maximum absolute atomic E-state index is 12.6. The van der Waals surface area contributed by atoms with Gasteiger partial charge in [-0.25, -0.2) is 0 Å². The molecule has 1 amide bonds. The SMILES string of the molecule is CC(C)c1nnc2n1[C@@H](C)CN(C(=O)CCc1ccccc1Cl)C2. The molecule has 1 aromatic heterocycles. The van der Waals surface area contributed by atoms with E-state index in [2.05, 4.69) is 35.5 Å². The van der Waals surface area contributed by atoms with Gasteiger partial charge >= 0.3 is 0 Å². The Morgan fingerprint density at radius 1 is 1.33 bits per heavy atom. The number of benzene rings is 1. The van der Waals surface area contributed by atoms with Gasteiger partial charge in [-0.15, -0.1) is 10.2 Å². The van der Waals surface area contributed by atoms with Crippen LogP contribution >= 0.6 is 11.6 Å². The molecule has 1 aromatic carbocycles. The summed E-state index contributed by atoms with van der Waals surface area (Å²) in [6.07, 6.45) is 1.12. The number of carbonyl (C=O) groups is 1. The zero-order valence-corrected chi connectivity index (χ0v) is 15.1. The summed E-state index contributed by atoms with van der Waals surface area (Å²) in [6, 6.07) is 7.88. The van der Waals surface area contributed by atoms with Gasteiger partial charge in [0.2, 0.25) is 5.91 Å². The summed E-state index contributed by atoms with van der Waals surface area (Å²) in [5.74, 6) is 2.35. The van der Waals surface area contributed by atoms with E-state index in [9.17, 15) is 4.79 Å². The molecule has 0 aliphatic carbocycles. The molecule has 0 saturated carbocycles. The predicted octanol–water partition coefficient (Wildman–Crippen LogP) is 3.59. The molecule has 2 aromatic rings. The number of aryl methyl sites for hydroxylation is 1. The lowest BCUT2D eigenvalue weighted by Crippen LogP contribution is -2.41. The third-order valence-electron chi connectivity index (χ3n) is 4.49. The average Bonchev–Trinajstić information content (AvgIpc) is 2.98. The van der Waals surface area contributed by atoms with Gasteiger partial charge in [0, 0.05) is 23.9 Å². The zero-order chi connectivity index (χ0) is 17.3. The van der Waals surface area contributed by atoms with E-state index in [4.69, 9.17) is 11.6 Å². The highest BCUT2D eigenvalue weighted by atomic mass is 35.5. The van der Waals surface area contributed by atoms with Crippen LogP contribution in [0.1, 0.15) is 56.4 Å². The molecule has 3 rings (SSSR count). The molecule has 0 spiro atoms. The normalized spacial score (nSPS) is 17.2. The van der Waals surface area contributed by atoms with E-state index in [0.29, 0.717) is 31.8 Å². The summed E-state index contributed by atoms with van der Waals surface area (Å²) in [6.45, 7) is 7.58. The number of rotatable bonds is 4. The van der Waals surface area contributed by atoms with Crippen molar-refractivity contribution in [2.24, 2.45) is 0 Å². The quantitative estimate of drug-likeness (QED) is 0.850. The summed E-state index contributed by atoms with van der Waals surface area (Å²) < 4.78 is 2.18. The third-order valence-corrected chi connectivity index (χ3v) is 4.85. The first-order valence-corrected chi connectivity index (χ1v) is 8.80. The molecule has 0 bridgehead atoms. The highest BCUT2D eigenvalue weighted by molar-refractivity contribution is 6.31. The summed E-state index contributed by atoms with van der Waals surface area (Å²) >= 11 is 6.17. The molecule has 0 radical (unpaired) electrons. The first-order chi connectivity index (χ1) is 11.5. The van der Waals surface area contributed by atoms with Crippen molar-refractivity contribution in [3.05, 3.63) is 46.5 Å². The van der Waals surface area contributed by atoms with Crippen LogP contribution < -0.4 is 0 Å². The van der Waals surface area contributed by atoms with Crippen LogP contribution in [0.4, 0.5) is 0 Å². The third kappa shape index (κ3) is 3.31. The molecular weight excluding hydrogens is 324 g/mol. The van der Waals surface area contributed by atoms with Gasteiger partial charge in [-0.05, 0) is 25.0 Å². The largest absolute Gasteiger partial charge is 0.333 e. The second-order valence-electron chi connectivity index (χ2n) is 6.71. The van der Waals surface area contributed by atoms with Gasteiger partial charge < -0.3 is 9.47 Å². The van der Waals surface area contributed by atoms with Gasteiger partial charge in [-0.2, -0.15) is 0 Å². The van der Waals surface area contributed by atoms with Gasteiger partial charge in [-0.1, -0.05) is 43.6 Å². The van der Waals surface area contributed by atoms with Gasteiger partial charge in [0.05, 0.1) is 12.6 Å². The summed E-state index contributed by atoms with van der Waals surface area (Å²) in [5, 5.41) is 9.32. The lowest BCUT2D eigenvalue weighted by Gasteiger charge is -2.33. The lowest BCUT2D eigenvalue weighted by atomic mass is 10.1. The Labute approximate surface area is 147 Å². The highest BCUT2D eigenvalue weighted by Crippen LogP contribution is 2.26. The van der Waals surface area contributed by atoms with Crippen LogP contribution in [0.15, 0.2) is 24.3 Å². The molecule has 0 saturated heterocycles. The van der Waals surface area contributed by atoms with Crippen molar-refractivity contribution in [3.8, 4) is 0 Å². The van der Waals surface area contributed by atoms with Crippen LogP contribution in [-0.4, -0.2) is 32.1 Å². The topological polar surface area (TPSA) is 51.0 Å². The number of carbonyl (C=O) groups excluding carboxylic acids is 1. The van der Waals surface area contributed by atoms with Crippen LogP contribution in [0.5, 0.6) is 0 Å². The zero-order valence-electron chi connectivity index (χ0n) is 14.4. The van der Waals surface area contributed by atoms with Gasteiger partial charge in [-0.3, -0.25) is 4.79 Å². The van der Waals surface area contributed by atoms with Crippen molar-refractivity contribution >= 4 is 17.5 Å². The van der Waals surface area contributed by atoms with Crippen LogP contribution in [0.3, 0.4) is 0 Å². The molecule has 0 N–H and O–H groups in total. The predicted molar refractivity (Wildman–Crippen MR) is 94.0 cm³/mol. The van der Waals surface area contributed by atoms with E-state index in [0.717, 1.165) is 22.2 Å². The minimum Gasteiger partial charge on any atom is -0.333 e. The number of nitrogens with zero attached hydrogens (tertiary/aromatic N) is 4. The minimum atomic E-state index is 0.141. The van der Waals surface area contributed by atoms with Crippen LogP contribution in [0.25, 0.3) is 0 Å². The highest BCUT2D eigenvalue weighted by Gasteiger charge is 2.29. The first-order valence-electron chi connectivity index (χ1n) is 8.42. The minimum absolute atomic E-state index is 0.141. The molecule has 5 nitrogen and oxygen atoms in total. The van der Waals surface area contributed by atoms with Crippen molar-refractivity contribution in [1.82, 2.24) is 19.7 Å². The van der Waals surface area contributed by atoms with E-state index in [1.165, 1.54) is 0 Å².